The van der Waals surface area contributed by atoms with Crippen LogP contribution in [-0.2, 0) is 6.42 Å². The molecular formula is C16H28ClN3. The number of nitrogens with two attached hydrogens (primary N) is 1. The molecule has 1 aromatic rings. The topological polar surface area (TPSA) is 32.5 Å². The number of halogens is 1. The van der Waals surface area contributed by atoms with Crippen molar-refractivity contribution in [3.8, 4) is 0 Å². The molecule has 1 aromatic carbocycles. The van der Waals surface area contributed by atoms with Crippen molar-refractivity contribution in [1.82, 2.24) is 4.90 Å². The van der Waals surface area contributed by atoms with Crippen LogP contribution in [-0.4, -0.2) is 44.7 Å². The second-order valence-corrected chi connectivity index (χ2v) is 6.15. The monoisotopic (exact) mass is 297 g/mol. The molecule has 0 aliphatic rings. The standard InChI is InChI=1S/C16H28ClN3/c1-5-8-20(10-9-19(3)4)15-7-6-14(11-13(2)18)16(17)12-15/h6-7,12-13H,5,8-11,18H2,1-4H3. The summed E-state index contributed by atoms with van der Waals surface area (Å²) >= 11 is 6.39. The van der Waals surface area contributed by atoms with E-state index in [1.165, 1.54) is 5.69 Å². The molecule has 0 amide bonds. The molecule has 0 radical (unpaired) electrons. The molecule has 0 aliphatic heterocycles. The van der Waals surface area contributed by atoms with Gasteiger partial charge in [-0.15, -0.1) is 0 Å². The summed E-state index contributed by atoms with van der Waals surface area (Å²) in [6, 6.07) is 6.48. The molecule has 0 heterocycles. The molecule has 0 aliphatic carbocycles. The second-order valence-electron chi connectivity index (χ2n) is 5.75. The van der Waals surface area contributed by atoms with Crippen LogP contribution in [0.4, 0.5) is 5.69 Å². The number of hydrogen-bond donors (Lipinski definition) is 1. The number of likely N-dealkylation sites (N-methyl/N-ethyl adjacent to an activating group) is 1. The maximum Gasteiger partial charge on any atom is 0.0459 e. The predicted octanol–water partition coefficient (Wildman–Crippen LogP) is 3.01. The minimum Gasteiger partial charge on any atom is -0.370 e. The van der Waals surface area contributed by atoms with Crippen molar-refractivity contribution in [2.24, 2.45) is 5.73 Å². The van der Waals surface area contributed by atoms with E-state index in [0.717, 1.165) is 43.1 Å². The number of nitrogens with zero attached hydrogens (tertiary/aromatic N) is 2. The van der Waals surface area contributed by atoms with E-state index in [9.17, 15) is 0 Å². The summed E-state index contributed by atoms with van der Waals surface area (Å²) in [6.07, 6.45) is 1.96. The van der Waals surface area contributed by atoms with Crippen LogP contribution in [0.15, 0.2) is 18.2 Å². The van der Waals surface area contributed by atoms with Gasteiger partial charge in [-0.05, 0) is 51.6 Å². The Labute approximate surface area is 128 Å². The Hall–Kier alpha value is -0.770. The summed E-state index contributed by atoms with van der Waals surface area (Å²) in [5, 5.41) is 0.825. The Morgan fingerprint density at radius 2 is 1.90 bits per heavy atom. The summed E-state index contributed by atoms with van der Waals surface area (Å²) in [5.41, 5.74) is 8.18. The van der Waals surface area contributed by atoms with Crippen LogP contribution in [0.5, 0.6) is 0 Å². The lowest BCUT2D eigenvalue weighted by atomic mass is 10.1. The third-order valence-corrected chi connectivity index (χ3v) is 3.61. The zero-order valence-electron chi connectivity index (χ0n) is 13.2. The maximum atomic E-state index is 6.39. The molecule has 4 heteroatoms. The smallest absolute Gasteiger partial charge is 0.0459 e. The van der Waals surface area contributed by atoms with Gasteiger partial charge >= 0.3 is 0 Å². The predicted molar refractivity (Wildman–Crippen MR) is 89.9 cm³/mol. The van der Waals surface area contributed by atoms with E-state index in [1.54, 1.807) is 0 Å². The van der Waals surface area contributed by atoms with Gasteiger partial charge < -0.3 is 15.5 Å². The molecule has 3 nitrogen and oxygen atoms in total. The lowest BCUT2D eigenvalue weighted by Crippen LogP contribution is -2.32. The summed E-state index contributed by atoms with van der Waals surface area (Å²) in [4.78, 5) is 4.59. The van der Waals surface area contributed by atoms with E-state index in [0.29, 0.717) is 0 Å². The van der Waals surface area contributed by atoms with E-state index in [2.05, 4.69) is 49.0 Å². The SMILES string of the molecule is CCCN(CCN(C)C)c1ccc(CC(C)N)c(Cl)c1. The first kappa shape index (κ1) is 17.3. The Morgan fingerprint density at radius 1 is 1.20 bits per heavy atom. The normalized spacial score (nSPS) is 12.8. The van der Waals surface area contributed by atoms with E-state index >= 15 is 0 Å². The van der Waals surface area contributed by atoms with Gasteiger partial charge in [-0.1, -0.05) is 24.6 Å². The zero-order valence-corrected chi connectivity index (χ0v) is 14.0. The van der Waals surface area contributed by atoms with Gasteiger partial charge in [0, 0.05) is 36.4 Å². The molecule has 0 fully saturated rings. The average molecular weight is 298 g/mol. The minimum atomic E-state index is 0.138. The number of anilines is 1. The Bertz CT molecular complexity index is 405. The van der Waals surface area contributed by atoms with Crippen LogP contribution >= 0.6 is 11.6 Å². The molecule has 114 valence electrons. The van der Waals surface area contributed by atoms with Crippen LogP contribution < -0.4 is 10.6 Å². The van der Waals surface area contributed by atoms with Gasteiger partial charge in [0.1, 0.15) is 0 Å². The molecule has 0 saturated heterocycles. The quantitative estimate of drug-likeness (QED) is 0.800. The number of hydrogen-bond acceptors (Lipinski definition) is 3. The van der Waals surface area contributed by atoms with Crippen LogP contribution in [0, 0.1) is 0 Å². The highest BCUT2D eigenvalue weighted by atomic mass is 35.5. The molecule has 0 aromatic heterocycles. The fourth-order valence-electron chi connectivity index (χ4n) is 2.21. The van der Waals surface area contributed by atoms with Crippen molar-refractivity contribution in [3.63, 3.8) is 0 Å². The van der Waals surface area contributed by atoms with Crippen LogP contribution in [0.2, 0.25) is 5.02 Å². The van der Waals surface area contributed by atoms with Gasteiger partial charge in [0.05, 0.1) is 0 Å². The van der Waals surface area contributed by atoms with Gasteiger partial charge in [-0.3, -0.25) is 0 Å². The molecule has 2 N–H and O–H groups in total. The van der Waals surface area contributed by atoms with Gasteiger partial charge in [0.25, 0.3) is 0 Å². The highest BCUT2D eigenvalue weighted by molar-refractivity contribution is 6.31. The first-order chi connectivity index (χ1) is 9.43. The van der Waals surface area contributed by atoms with Crippen molar-refractivity contribution in [2.45, 2.75) is 32.7 Å². The first-order valence-corrected chi connectivity index (χ1v) is 7.75. The Morgan fingerprint density at radius 3 is 2.40 bits per heavy atom. The fourth-order valence-corrected chi connectivity index (χ4v) is 2.46. The maximum absolute atomic E-state index is 6.39. The molecule has 1 unspecified atom stereocenters. The zero-order chi connectivity index (χ0) is 15.1. The molecule has 1 atom stereocenters. The lowest BCUT2D eigenvalue weighted by molar-refractivity contribution is 0.413. The molecule has 1 rings (SSSR count). The van der Waals surface area contributed by atoms with Crippen molar-refractivity contribution >= 4 is 17.3 Å². The second kappa shape index (κ2) is 8.50. The van der Waals surface area contributed by atoms with Gasteiger partial charge in [0.15, 0.2) is 0 Å². The van der Waals surface area contributed by atoms with E-state index in [-0.39, 0.29) is 6.04 Å². The van der Waals surface area contributed by atoms with Crippen LogP contribution in [0.25, 0.3) is 0 Å². The molecular weight excluding hydrogens is 270 g/mol. The van der Waals surface area contributed by atoms with Crippen LogP contribution in [0.3, 0.4) is 0 Å². The fraction of sp³-hybridized carbons (Fsp3) is 0.625. The van der Waals surface area contributed by atoms with Gasteiger partial charge in [-0.25, -0.2) is 0 Å². The Kier molecular flexibility index (Phi) is 7.35. The summed E-state index contributed by atoms with van der Waals surface area (Å²) in [5.74, 6) is 0. The van der Waals surface area contributed by atoms with E-state index < -0.39 is 0 Å². The largest absolute Gasteiger partial charge is 0.370 e. The van der Waals surface area contributed by atoms with E-state index in [1.807, 2.05) is 6.92 Å². The van der Waals surface area contributed by atoms with Crippen LogP contribution in [0.1, 0.15) is 25.8 Å². The lowest BCUT2D eigenvalue weighted by Gasteiger charge is -2.26. The van der Waals surface area contributed by atoms with Crippen molar-refractivity contribution in [1.29, 1.82) is 0 Å². The minimum absolute atomic E-state index is 0.138. The van der Waals surface area contributed by atoms with Crippen molar-refractivity contribution in [3.05, 3.63) is 28.8 Å². The van der Waals surface area contributed by atoms with Gasteiger partial charge in [0.2, 0.25) is 0 Å². The highest BCUT2D eigenvalue weighted by Gasteiger charge is 2.10. The molecule has 20 heavy (non-hydrogen) atoms. The molecule has 0 spiro atoms. The van der Waals surface area contributed by atoms with Gasteiger partial charge in [-0.2, -0.15) is 0 Å². The third kappa shape index (κ3) is 5.70. The third-order valence-electron chi connectivity index (χ3n) is 3.25. The summed E-state index contributed by atoms with van der Waals surface area (Å²) < 4.78 is 0. The highest BCUT2D eigenvalue weighted by Crippen LogP contribution is 2.24. The van der Waals surface area contributed by atoms with E-state index in [4.69, 9.17) is 17.3 Å². The average Bonchev–Trinajstić information content (AvgIpc) is 2.36. The van der Waals surface area contributed by atoms with Crippen molar-refractivity contribution < 1.29 is 0 Å². The Balaban J connectivity index is 2.83. The van der Waals surface area contributed by atoms with Crippen molar-refractivity contribution in [2.75, 3.05) is 38.6 Å². The summed E-state index contributed by atoms with van der Waals surface area (Å²) in [7, 11) is 4.20. The first-order valence-electron chi connectivity index (χ1n) is 7.37. The summed E-state index contributed by atoms with van der Waals surface area (Å²) in [6.45, 7) is 7.32. The molecule has 0 saturated carbocycles. The number of rotatable bonds is 8. The number of benzene rings is 1. The molecule has 0 bridgehead atoms.